The topological polar surface area (TPSA) is 49.8 Å². The summed E-state index contributed by atoms with van der Waals surface area (Å²) in [5, 5.41) is 9.34. The molecular weight excluding hydrogens is 254 g/mol. The zero-order chi connectivity index (χ0) is 13.9. The molecule has 4 heteroatoms. The maximum Gasteiger partial charge on any atom is 0.223 e. The molecule has 2 aliphatic rings. The quantitative estimate of drug-likeness (QED) is 0.917. The summed E-state index contributed by atoms with van der Waals surface area (Å²) in [6.45, 7) is 1.55. The molecule has 2 atom stereocenters. The number of hydrogen-bond donors (Lipinski definition) is 1. The summed E-state index contributed by atoms with van der Waals surface area (Å²) < 4.78 is 5.64. The number of aliphatic hydroxyl groups excluding tert-OH is 1. The summed E-state index contributed by atoms with van der Waals surface area (Å²) >= 11 is 0. The van der Waals surface area contributed by atoms with Gasteiger partial charge in [0.15, 0.2) is 0 Å². The molecule has 2 heterocycles. The molecule has 1 fully saturated rings. The molecule has 0 bridgehead atoms. The normalized spacial score (nSPS) is 25.1. The molecule has 1 saturated heterocycles. The third-order valence-corrected chi connectivity index (χ3v) is 4.41. The Morgan fingerprint density at radius 1 is 1.35 bits per heavy atom. The highest BCUT2D eigenvalue weighted by molar-refractivity contribution is 5.78. The van der Waals surface area contributed by atoms with Gasteiger partial charge in [-0.3, -0.25) is 4.79 Å². The Bertz CT molecular complexity index is 488. The average Bonchev–Trinajstić information content (AvgIpc) is 2.96. The minimum atomic E-state index is 0.0255. The molecule has 108 valence electrons. The van der Waals surface area contributed by atoms with Crippen molar-refractivity contribution >= 4 is 5.91 Å². The molecule has 20 heavy (non-hydrogen) atoms. The number of benzene rings is 1. The summed E-state index contributed by atoms with van der Waals surface area (Å²) in [5.74, 6) is 1.33. The molecule has 0 saturated carbocycles. The van der Waals surface area contributed by atoms with Crippen molar-refractivity contribution in [2.45, 2.75) is 37.6 Å². The first-order valence-corrected chi connectivity index (χ1v) is 7.41. The van der Waals surface area contributed by atoms with Crippen LogP contribution in [0.5, 0.6) is 5.75 Å². The predicted molar refractivity (Wildman–Crippen MR) is 75.7 cm³/mol. The van der Waals surface area contributed by atoms with Crippen LogP contribution < -0.4 is 4.74 Å². The summed E-state index contributed by atoms with van der Waals surface area (Å²) in [6.07, 6.45) is 3.34. The van der Waals surface area contributed by atoms with Crippen LogP contribution in [0.4, 0.5) is 0 Å². The molecule has 1 amide bonds. The molecule has 1 aromatic carbocycles. The van der Waals surface area contributed by atoms with E-state index in [0.717, 1.165) is 37.1 Å². The van der Waals surface area contributed by atoms with Gasteiger partial charge < -0.3 is 14.7 Å². The van der Waals surface area contributed by atoms with E-state index < -0.39 is 0 Å². The van der Waals surface area contributed by atoms with Gasteiger partial charge >= 0.3 is 0 Å². The third-order valence-electron chi connectivity index (χ3n) is 4.41. The number of ether oxygens (including phenoxy) is 1. The number of para-hydroxylation sites is 1. The van der Waals surface area contributed by atoms with E-state index in [2.05, 4.69) is 6.07 Å². The zero-order valence-corrected chi connectivity index (χ0v) is 11.6. The van der Waals surface area contributed by atoms with E-state index in [0.29, 0.717) is 13.0 Å². The number of rotatable bonds is 3. The van der Waals surface area contributed by atoms with Crippen LogP contribution in [-0.4, -0.2) is 41.7 Å². The number of amides is 1. The smallest absolute Gasteiger partial charge is 0.223 e. The molecule has 0 aliphatic carbocycles. The monoisotopic (exact) mass is 275 g/mol. The van der Waals surface area contributed by atoms with Gasteiger partial charge in [-0.2, -0.15) is 0 Å². The Hall–Kier alpha value is -1.55. The van der Waals surface area contributed by atoms with E-state index >= 15 is 0 Å². The van der Waals surface area contributed by atoms with Crippen LogP contribution in [-0.2, 0) is 4.79 Å². The summed E-state index contributed by atoms with van der Waals surface area (Å²) in [7, 11) is 0. The number of carbonyl (C=O) groups is 1. The highest BCUT2D eigenvalue weighted by Gasteiger charge is 2.31. The van der Waals surface area contributed by atoms with E-state index in [9.17, 15) is 9.90 Å². The minimum Gasteiger partial charge on any atom is -0.493 e. The summed E-state index contributed by atoms with van der Waals surface area (Å²) in [6, 6.07) is 8.01. The lowest BCUT2D eigenvalue weighted by Crippen LogP contribution is -2.38. The van der Waals surface area contributed by atoms with Crippen LogP contribution in [0.15, 0.2) is 24.3 Å². The lowest BCUT2D eigenvalue weighted by molar-refractivity contribution is -0.133. The van der Waals surface area contributed by atoms with E-state index in [4.69, 9.17) is 4.74 Å². The van der Waals surface area contributed by atoms with Gasteiger partial charge in [0.2, 0.25) is 5.91 Å². The summed E-state index contributed by atoms with van der Waals surface area (Å²) in [5.41, 5.74) is 1.15. The molecule has 3 rings (SSSR count). The Labute approximate surface area is 119 Å². The standard InChI is InChI=1S/C16H21NO3/c18-11-13-4-3-8-17(13)16(19)10-12-7-9-20-15-6-2-1-5-14(12)15/h1-2,5-6,12-13,18H,3-4,7-11H2. The van der Waals surface area contributed by atoms with Crippen molar-refractivity contribution in [1.82, 2.24) is 4.90 Å². The first kappa shape index (κ1) is 13.4. The Kier molecular flexibility index (Phi) is 3.92. The lowest BCUT2D eigenvalue weighted by atomic mass is 9.90. The van der Waals surface area contributed by atoms with Gasteiger partial charge in [0.05, 0.1) is 19.3 Å². The van der Waals surface area contributed by atoms with Crippen molar-refractivity contribution in [3.63, 3.8) is 0 Å². The van der Waals surface area contributed by atoms with Crippen molar-refractivity contribution < 1.29 is 14.6 Å². The first-order valence-electron chi connectivity index (χ1n) is 7.41. The molecule has 1 N–H and O–H groups in total. The van der Waals surface area contributed by atoms with Crippen LogP contribution in [0.25, 0.3) is 0 Å². The van der Waals surface area contributed by atoms with Gasteiger partial charge in [-0.1, -0.05) is 18.2 Å². The number of aliphatic hydroxyl groups is 1. The maximum atomic E-state index is 12.5. The van der Waals surface area contributed by atoms with Gasteiger partial charge in [-0.15, -0.1) is 0 Å². The lowest BCUT2D eigenvalue weighted by Gasteiger charge is -2.29. The van der Waals surface area contributed by atoms with Crippen molar-refractivity contribution in [2.24, 2.45) is 0 Å². The van der Waals surface area contributed by atoms with Crippen molar-refractivity contribution in [1.29, 1.82) is 0 Å². The van der Waals surface area contributed by atoms with Crippen molar-refractivity contribution in [3.8, 4) is 5.75 Å². The third kappa shape index (κ3) is 2.52. The fraction of sp³-hybridized carbons (Fsp3) is 0.562. The number of carbonyl (C=O) groups excluding carboxylic acids is 1. The largest absolute Gasteiger partial charge is 0.493 e. The van der Waals surface area contributed by atoms with E-state index in [1.165, 1.54) is 0 Å². The molecule has 0 radical (unpaired) electrons. The van der Waals surface area contributed by atoms with Crippen LogP contribution >= 0.6 is 0 Å². The van der Waals surface area contributed by atoms with E-state index in [-0.39, 0.29) is 24.5 Å². The second-order valence-corrected chi connectivity index (χ2v) is 5.64. The molecule has 0 aromatic heterocycles. The molecule has 2 aliphatic heterocycles. The van der Waals surface area contributed by atoms with E-state index in [1.54, 1.807) is 0 Å². The number of hydrogen-bond acceptors (Lipinski definition) is 3. The van der Waals surface area contributed by atoms with Crippen LogP contribution in [0, 0.1) is 0 Å². The molecule has 4 nitrogen and oxygen atoms in total. The fourth-order valence-electron chi connectivity index (χ4n) is 3.31. The Morgan fingerprint density at radius 2 is 2.20 bits per heavy atom. The SMILES string of the molecule is O=C(CC1CCOc2ccccc21)N1CCCC1CO. The minimum absolute atomic E-state index is 0.0255. The van der Waals surface area contributed by atoms with Gasteiger partial charge in [0.1, 0.15) is 5.75 Å². The predicted octanol–water partition coefficient (Wildman–Crippen LogP) is 1.93. The summed E-state index contributed by atoms with van der Waals surface area (Å²) in [4.78, 5) is 14.3. The van der Waals surface area contributed by atoms with Crippen LogP contribution in [0.1, 0.15) is 37.2 Å². The Morgan fingerprint density at radius 3 is 3.05 bits per heavy atom. The number of nitrogens with zero attached hydrogens (tertiary/aromatic N) is 1. The van der Waals surface area contributed by atoms with Crippen molar-refractivity contribution in [3.05, 3.63) is 29.8 Å². The van der Waals surface area contributed by atoms with Crippen molar-refractivity contribution in [2.75, 3.05) is 19.8 Å². The van der Waals surface area contributed by atoms with Gasteiger partial charge in [-0.05, 0) is 36.8 Å². The zero-order valence-electron chi connectivity index (χ0n) is 11.6. The first-order chi connectivity index (χ1) is 9.79. The molecule has 0 spiro atoms. The Balaban J connectivity index is 1.71. The number of fused-ring (bicyclic) bond motifs is 1. The van der Waals surface area contributed by atoms with Gasteiger partial charge in [0, 0.05) is 13.0 Å². The molecular formula is C16H21NO3. The fourth-order valence-corrected chi connectivity index (χ4v) is 3.31. The van der Waals surface area contributed by atoms with Gasteiger partial charge in [0.25, 0.3) is 0 Å². The second-order valence-electron chi connectivity index (χ2n) is 5.64. The van der Waals surface area contributed by atoms with Gasteiger partial charge in [-0.25, -0.2) is 0 Å². The average molecular weight is 275 g/mol. The van der Waals surface area contributed by atoms with Crippen LogP contribution in [0.2, 0.25) is 0 Å². The van der Waals surface area contributed by atoms with E-state index in [1.807, 2.05) is 23.1 Å². The highest BCUT2D eigenvalue weighted by Crippen LogP contribution is 2.36. The maximum absolute atomic E-state index is 12.5. The molecule has 1 aromatic rings. The second kappa shape index (κ2) is 5.83. The number of likely N-dealkylation sites (tertiary alicyclic amines) is 1. The highest BCUT2D eigenvalue weighted by atomic mass is 16.5. The van der Waals surface area contributed by atoms with Crippen LogP contribution in [0.3, 0.4) is 0 Å². The molecule has 2 unspecified atom stereocenters.